The molecule has 9 nitrogen and oxygen atoms in total. The summed E-state index contributed by atoms with van der Waals surface area (Å²) in [7, 11) is 0. The maximum absolute atomic E-state index is 12.3. The molecule has 0 spiro atoms. The van der Waals surface area contributed by atoms with Crippen LogP contribution in [0.3, 0.4) is 0 Å². The molecular weight excluding hydrogens is 436 g/mol. The number of esters is 1. The minimum atomic E-state index is -0.709. The minimum Gasteiger partial charge on any atom is -0.493 e. The van der Waals surface area contributed by atoms with Gasteiger partial charge in [-0.05, 0) is 49.9 Å². The fourth-order valence-corrected chi connectivity index (χ4v) is 3.66. The van der Waals surface area contributed by atoms with E-state index in [0.717, 1.165) is 38.4 Å². The van der Waals surface area contributed by atoms with Crippen LogP contribution >= 0.6 is 0 Å². The van der Waals surface area contributed by atoms with Gasteiger partial charge in [0.25, 0.3) is 11.8 Å². The molecule has 2 amide bonds. The van der Waals surface area contributed by atoms with E-state index in [1.165, 1.54) is 0 Å². The molecule has 3 rings (SSSR count). The number of nitrogens with zero attached hydrogens (tertiary/aromatic N) is 2. The number of ether oxygens (including phenoxy) is 2. The second-order valence-corrected chi connectivity index (χ2v) is 7.79. The van der Waals surface area contributed by atoms with Crippen LogP contribution in [0.25, 0.3) is 0 Å². The molecule has 2 aromatic rings. The van der Waals surface area contributed by atoms with Gasteiger partial charge in [0, 0.05) is 37.6 Å². The number of carbonyl (C=O) groups is 3. The van der Waals surface area contributed by atoms with E-state index in [4.69, 9.17) is 9.47 Å². The van der Waals surface area contributed by atoms with Crippen LogP contribution in [0, 0.1) is 0 Å². The summed E-state index contributed by atoms with van der Waals surface area (Å²) >= 11 is 0. The Bertz CT molecular complexity index is 972. The highest BCUT2D eigenvalue weighted by molar-refractivity contribution is 5.98. The first-order valence-electron chi connectivity index (χ1n) is 11.5. The van der Waals surface area contributed by atoms with Crippen molar-refractivity contribution in [3.63, 3.8) is 0 Å². The van der Waals surface area contributed by atoms with Crippen LogP contribution in [0.2, 0.25) is 0 Å². The summed E-state index contributed by atoms with van der Waals surface area (Å²) in [4.78, 5) is 41.1. The Morgan fingerprint density at radius 2 is 1.65 bits per heavy atom. The zero-order valence-electron chi connectivity index (χ0n) is 19.7. The second-order valence-electron chi connectivity index (χ2n) is 7.79. The van der Waals surface area contributed by atoms with Crippen molar-refractivity contribution in [1.82, 2.24) is 10.2 Å². The lowest BCUT2D eigenvalue weighted by Gasteiger charge is -2.35. The van der Waals surface area contributed by atoms with Crippen LogP contribution in [-0.4, -0.2) is 75.2 Å². The van der Waals surface area contributed by atoms with Crippen molar-refractivity contribution >= 4 is 29.2 Å². The van der Waals surface area contributed by atoms with E-state index in [1.54, 1.807) is 24.3 Å². The van der Waals surface area contributed by atoms with Crippen molar-refractivity contribution in [3.05, 3.63) is 54.1 Å². The number of rotatable bonds is 10. The van der Waals surface area contributed by atoms with Crippen LogP contribution in [-0.2, 0) is 14.3 Å². The van der Waals surface area contributed by atoms with Gasteiger partial charge >= 0.3 is 5.97 Å². The smallest absolute Gasteiger partial charge is 0.325 e. The Balaban J connectivity index is 1.39. The molecule has 0 saturated carbocycles. The molecule has 0 atom stereocenters. The molecule has 0 bridgehead atoms. The molecule has 34 heavy (non-hydrogen) atoms. The van der Waals surface area contributed by atoms with E-state index in [1.807, 2.05) is 31.2 Å². The van der Waals surface area contributed by atoms with E-state index in [9.17, 15) is 14.4 Å². The molecule has 1 aliphatic heterocycles. The monoisotopic (exact) mass is 468 g/mol. The van der Waals surface area contributed by atoms with Crippen LogP contribution in [0.4, 0.5) is 11.4 Å². The number of nitrogens with one attached hydrogen (secondary N) is 2. The normalized spacial score (nSPS) is 13.8. The minimum absolute atomic E-state index is 0.325. The first kappa shape index (κ1) is 25.0. The van der Waals surface area contributed by atoms with Crippen molar-refractivity contribution < 1.29 is 23.9 Å². The summed E-state index contributed by atoms with van der Waals surface area (Å²) in [6.07, 6.45) is 0. The summed E-state index contributed by atoms with van der Waals surface area (Å²) in [5.41, 5.74) is 2.06. The number of likely N-dealkylation sites (N-methyl/N-ethyl adjacent to an activating group) is 1. The Hall–Kier alpha value is -3.59. The lowest BCUT2D eigenvalue weighted by Crippen LogP contribution is -2.46. The molecule has 1 saturated heterocycles. The summed E-state index contributed by atoms with van der Waals surface area (Å²) in [5, 5.41) is 5.19. The first-order chi connectivity index (χ1) is 16.5. The largest absolute Gasteiger partial charge is 0.493 e. The Morgan fingerprint density at radius 1 is 0.941 bits per heavy atom. The SMILES string of the molecule is CCOc1ccccc1C(=O)NCC(=O)OCC(=O)Nc1ccc(N2CCN(CC)CC2)cc1. The number of carbonyl (C=O) groups excluding carboxylic acids is 3. The highest BCUT2D eigenvalue weighted by Crippen LogP contribution is 2.20. The average molecular weight is 469 g/mol. The van der Waals surface area contributed by atoms with Crippen LogP contribution in [0.1, 0.15) is 24.2 Å². The van der Waals surface area contributed by atoms with Gasteiger partial charge in [0.05, 0.1) is 12.2 Å². The number of hydrogen-bond acceptors (Lipinski definition) is 7. The molecule has 1 fully saturated rings. The fraction of sp³-hybridized carbons (Fsp3) is 0.400. The Kier molecular flexibility index (Phi) is 9.28. The van der Waals surface area contributed by atoms with Gasteiger partial charge < -0.3 is 29.9 Å². The average Bonchev–Trinajstić information content (AvgIpc) is 2.87. The second kappa shape index (κ2) is 12.6. The van der Waals surface area contributed by atoms with Crippen molar-refractivity contribution in [1.29, 1.82) is 0 Å². The van der Waals surface area contributed by atoms with Crippen LogP contribution < -0.4 is 20.3 Å². The van der Waals surface area contributed by atoms with Crippen molar-refractivity contribution in [2.24, 2.45) is 0 Å². The number of piperazine rings is 1. The van der Waals surface area contributed by atoms with Gasteiger partial charge in [-0.2, -0.15) is 0 Å². The Morgan fingerprint density at radius 3 is 2.32 bits per heavy atom. The molecule has 0 radical (unpaired) electrons. The number of amides is 2. The summed E-state index contributed by atoms with van der Waals surface area (Å²) in [5.74, 6) is -1.18. The predicted octanol–water partition coefficient (Wildman–Crippen LogP) is 2.14. The zero-order valence-corrected chi connectivity index (χ0v) is 19.7. The van der Waals surface area contributed by atoms with E-state index in [2.05, 4.69) is 27.4 Å². The topological polar surface area (TPSA) is 100 Å². The van der Waals surface area contributed by atoms with Gasteiger partial charge in [-0.15, -0.1) is 0 Å². The third-order valence-electron chi connectivity index (χ3n) is 5.52. The number of anilines is 2. The third-order valence-corrected chi connectivity index (χ3v) is 5.52. The van der Waals surface area contributed by atoms with E-state index >= 15 is 0 Å². The highest BCUT2D eigenvalue weighted by atomic mass is 16.5. The van der Waals surface area contributed by atoms with E-state index in [0.29, 0.717) is 23.6 Å². The predicted molar refractivity (Wildman–Crippen MR) is 130 cm³/mol. The molecule has 9 heteroatoms. The van der Waals surface area contributed by atoms with E-state index in [-0.39, 0.29) is 6.54 Å². The third kappa shape index (κ3) is 7.21. The summed E-state index contributed by atoms with van der Waals surface area (Å²) < 4.78 is 10.4. The molecule has 0 aliphatic carbocycles. The van der Waals surface area contributed by atoms with Gasteiger partial charge in [-0.1, -0.05) is 19.1 Å². The van der Waals surface area contributed by atoms with Crippen LogP contribution in [0.15, 0.2) is 48.5 Å². The van der Waals surface area contributed by atoms with E-state index < -0.39 is 24.4 Å². The van der Waals surface area contributed by atoms with Crippen molar-refractivity contribution in [2.45, 2.75) is 13.8 Å². The fourth-order valence-electron chi connectivity index (χ4n) is 3.66. The molecule has 0 unspecified atom stereocenters. The lowest BCUT2D eigenvalue weighted by atomic mass is 10.2. The number of para-hydroxylation sites is 1. The molecule has 1 aliphatic rings. The lowest BCUT2D eigenvalue weighted by molar-refractivity contribution is -0.146. The Labute approximate surface area is 200 Å². The first-order valence-corrected chi connectivity index (χ1v) is 11.5. The number of hydrogen-bond donors (Lipinski definition) is 2. The van der Waals surface area contributed by atoms with Crippen molar-refractivity contribution in [3.8, 4) is 5.75 Å². The molecular formula is C25H32N4O5. The quantitative estimate of drug-likeness (QED) is 0.516. The molecule has 1 heterocycles. The highest BCUT2D eigenvalue weighted by Gasteiger charge is 2.16. The zero-order chi connectivity index (χ0) is 24.3. The maximum atomic E-state index is 12.3. The van der Waals surface area contributed by atoms with Crippen LogP contribution in [0.5, 0.6) is 5.75 Å². The molecule has 2 N–H and O–H groups in total. The van der Waals surface area contributed by atoms with Gasteiger partial charge in [-0.25, -0.2) is 0 Å². The number of benzene rings is 2. The molecule has 0 aromatic heterocycles. The summed E-state index contributed by atoms with van der Waals surface area (Å²) in [6, 6.07) is 14.4. The standard InChI is InChI=1S/C25H32N4O5/c1-3-28-13-15-29(16-14-28)20-11-9-19(10-12-20)27-23(30)18-34-24(31)17-26-25(32)21-7-5-6-8-22(21)33-4-2/h5-12H,3-4,13-18H2,1-2H3,(H,26,32)(H,27,30). The van der Waals surface area contributed by atoms with Gasteiger partial charge in [0.1, 0.15) is 12.3 Å². The molecule has 182 valence electrons. The maximum Gasteiger partial charge on any atom is 0.325 e. The molecule has 2 aromatic carbocycles. The summed E-state index contributed by atoms with van der Waals surface area (Å²) in [6.45, 7) is 8.71. The van der Waals surface area contributed by atoms with Gasteiger partial charge in [0.2, 0.25) is 0 Å². The van der Waals surface area contributed by atoms with Gasteiger partial charge in [0.15, 0.2) is 6.61 Å². The van der Waals surface area contributed by atoms with Gasteiger partial charge in [-0.3, -0.25) is 14.4 Å². The van der Waals surface area contributed by atoms with Crippen molar-refractivity contribution in [2.75, 3.05) is 62.7 Å².